The van der Waals surface area contributed by atoms with Crippen LogP contribution >= 0.6 is 24.8 Å². The number of nitrogens with zero attached hydrogens (tertiary/aromatic N) is 4. The molecular formula is C20H31Cl2N7. The summed E-state index contributed by atoms with van der Waals surface area (Å²) < 4.78 is 0. The maximum absolute atomic E-state index is 5.99. The molecule has 1 saturated carbocycles. The van der Waals surface area contributed by atoms with Crippen LogP contribution in [0.25, 0.3) is 0 Å². The number of aryl methyl sites for hydroxylation is 1. The first-order valence-corrected chi connectivity index (χ1v) is 9.98. The summed E-state index contributed by atoms with van der Waals surface area (Å²) in [5.41, 5.74) is 8.27. The minimum Gasteiger partial charge on any atom is -0.368 e. The largest absolute Gasteiger partial charge is 0.368 e. The third-order valence-corrected chi connectivity index (χ3v) is 5.45. The normalized spacial score (nSPS) is 20.3. The van der Waals surface area contributed by atoms with Crippen LogP contribution in [0.2, 0.25) is 0 Å². The molecule has 4 rings (SSSR count). The first-order valence-electron chi connectivity index (χ1n) is 9.98. The minimum atomic E-state index is 0. The third kappa shape index (κ3) is 5.84. The Hall–Kier alpha value is -1.83. The van der Waals surface area contributed by atoms with Crippen molar-refractivity contribution in [3.8, 4) is 0 Å². The smallest absolute Gasteiger partial charge is 0.227 e. The van der Waals surface area contributed by atoms with E-state index in [0.29, 0.717) is 12.0 Å². The van der Waals surface area contributed by atoms with Crippen molar-refractivity contribution in [3.05, 3.63) is 35.7 Å². The number of rotatable bonds is 7. The summed E-state index contributed by atoms with van der Waals surface area (Å²) >= 11 is 0. The van der Waals surface area contributed by atoms with Crippen molar-refractivity contribution < 1.29 is 0 Å². The zero-order chi connectivity index (χ0) is 18.6. The molecule has 3 heterocycles. The minimum absolute atomic E-state index is 0. The van der Waals surface area contributed by atoms with Crippen LogP contribution < -0.4 is 21.3 Å². The molecule has 29 heavy (non-hydrogen) atoms. The number of nitrogens with one attached hydrogen (secondary N) is 2. The highest BCUT2D eigenvalue weighted by atomic mass is 35.5. The highest BCUT2D eigenvalue weighted by molar-refractivity contribution is 5.85. The Bertz CT molecular complexity index is 777. The number of hydrogen-bond acceptors (Lipinski definition) is 7. The van der Waals surface area contributed by atoms with Crippen molar-refractivity contribution in [2.24, 2.45) is 5.73 Å². The Labute approximate surface area is 185 Å². The molecule has 0 unspecified atom stereocenters. The molecule has 0 spiro atoms. The van der Waals surface area contributed by atoms with E-state index in [2.05, 4.69) is 39.6 Å². The first-order chi connectivity index (χ1) is 13.2. The fourth-order valence-electron chi connectivity index (χ4n) is 3.76. The molecule has 0 radical (unpaired) electrons. The quantitative estimate of drug-likeness (QED) is 0.569. The SMILES string of the molecule is Cc1cccnc1NCCNc1cc(C2CC(N)C2)nc(N2CCCC2)n1.Cl.Cl. The molecule has 1 saturated heterocycles. The van der Waals surface area contributed by atoms with E-state index in [1.807, 2.05) is 12.3 Å². The molecule has 2 aromatic heterocycles. The summed E-state index contributed by atoms with van der Waals surface area (Å²) in [6.07, 6.45) is 6.30. The molecule has 1 aliphatic heterocycles. The van der Waals surface area contributed by atoms with Gasteiger partial charge in [-0.25, -0.2) is 9.97 Å². The highest BCUT2D eigenvalue weighted by Crippen LogP contribution is 2.36. The molecule has 0 amide bonds. The average Bonchev–Trinajstić information content (AvgIpc) is 3.18. The lowest BCUT2D eigenvalue weighted by atomic mass is 9.78. The molecule has 7 nitrogen and oxygen atoms in total. The molecule has 160 valence electrons. The van der Waals surface area contributed by atoms with E-state index < -0.39 is 0 Å². The van der Waals surface area contributed by atoms with Gasteiger partial charge >= 0.3 is 0 Å². The van der Waals surface area contributed by atoms with Gasteiger partial charge in [0.2, 0.25) is 5.95 Å². The third-order valence-electron chi connectivity index (χ3n) is 5.45. The predicted octanol–water partition coefficient (Wildman–Crippen LogP) is 3.35. The first kappa shape index (κ1) is 23.4. The number of nitrogens with two attached hydrogens (primary N) is 1. The van der Waals surface area contributed by atoms with Gasteiger partial charge in [-0.1, -0.05) is 6.07 Å². The Balaban J connectivity index is 0.00000150. The van der Waals surface area contributed by atoms with Gasteiger partial charge in [-0.2, -0.15) is 4.98 Å². The van der Waals surface area contributed by atoms with Crippen LogP contribution in [0, 0.1) is 6.92 Å². The fourth-order valence-corrected chi connectivity index (χ4v) is 3.76. The van der Waals surface area contributed by atoms with Crippen LogP contribution in [0.1, 0.15) is 42.9 Å². The van der Waals surface area contributed by atoms with E-state index in [4.69, 9.17) is 15.7 Å². The van der Waals surface area contributed by atoms with Crippen LogP contribution in [0.3, 0.4) is 0 Å². The molecule has 0 bridgehead atoms. The number of halogens is 2. The van der Waals surface area contributed by atoms with Crippen LogP contribution in [-0.2, 0) is 0 Å². The molecule has 2 aliphatic rings. The molecule has 4 N–H and O–H groups in total. The predicted molar refractivity (Wildman–Crippen MR) is 124 cm³/mol. The topological polar surface area (TPSA) is 92.0 Å². The van der Waals surface area contributed by atoms with Gasteiger partial charge in [0.05, 0.1) is 5.69 Å². The lowest BCUT2D eigenvalue weighted by Gasteiger charge is -2.32. The summed E-state index contributed by atoms with van der Waals surface area (Å²) in [6.45, 7) is 5.72. The standard InChI is InChI=1S/C20H29N7.2ClH/c1-14-5-4-6-23-19(14)24-8-7-22-18-13-17(15-11-16(21)12-15)25-20(26-18)27-9-2-3-10-27;;/h4-6,13,15-16H,2-3,7-12,21H2,1H3,(H,23,24)(H,22,25,26);2*1H. The second kappa shape index (κ2) is 10.8. The number of aromatic nitrogens is 3. The van der Waals surface area contributed by atoms with Crippen LogP contribution in [0.5, 0.6) is 0 Å². The molecule has 1 aliphatic carbocycles. The number of pyridine rings is 1. The average molecular weight is 440 g/mol. The Morgan fingerprint density at radius 3 is 2.52 bits per heavy atom. The van der Waals surface area contributed by atoms with Crippen molar-refractivity contribution in [1.29, 1.82) is 0 Å². The van der Waals surface area contributed by atoms with E-state index in [0.717, 1.165) is 67.9 Å². The molecular weight excluding hydrogens is 409 g/mol. The van der Waals surface area contributed by atoms with E-state index >= 15 is 0 Å². The molecule has 9 heteroatoms. The lowest BCUT2D eigenvalue weighted by Crippen LogP contribution is -2.35. The number of anilines is 3. The molecule has 0 atom stereocenters. The van der Waals surface area contributed by atoms with Crippen LogP contribution in [0.4, 0.5) is 17.6 Å². The van der Waals surface area contributed by atoms with Crippen molar-refractivity contribution in [1.82, 2.24) is 15.0 Å². The Kier molecular flexibility index (Phi) is 8.74. The summed E-state index contributed by atoms with van der Waals surface area (Å²) in [5.74, 6) is 3.17. The molecule has 0 aromatic carbocycles. The summed E-state index contributed by atoms with van der Waals surface area (Å²) in [6, 6.07) is 6.43. The van der Waals surface area contributed by atoms with Crippen molar-refractivity contribution in [3.63, 3.8) is 0 Å². The van der Waals surface area contributed by atoms with E-state index in [1.54, 1.807) is 0 Å². The van der Waals surface area contributed by atoms with Gasteiger partial charge in [0.15, 0.2) is 0 Å². The van der Waals surface area contributed by atoms with Crippen molar-refractivity contribution >= 4 is 42.4 Å². The van der Waals surface area contributed by atoms with Gasteiger partial charge < -0.3 is 21.3 Å². The zero-order valence-corrected chi connectivity index (χ0v) is 18.4. The van der Waals surface area contributed by atoms with Gasteiger partial charge in [-0.05, 0) is 44.2 Å². The van der Waals surface area contributed by atoms with Crippen LogP contribution in [0.15, 0.2) is 24.4 Å². The van der Waals surface area contributed by atoms with E-state index in [9.17, 15) is 0 Å². The summed E-state index contributed by atoms with van der Waals surface area (Å²) in [7, 11) is 0. The molecule has 2 fully saturated rings. The second-order valence-electron chi connectivity index (χ2n) is 7.62. The second-order valence-corrected chi connectivity index (χ2v) is 7.62. The fraction of sp³-hybridized carbons (Fsp3) is 0.550. The van der Waals surface area contributed by atoms with Gasteiger partial charge in [0.1, 0.15) is 11.6 Å². The van der Waals surface area contributed by atoms with Crippen molar-refractivity contribution in [2.45, 2.75) is 44.6 Å². The zero-order valence-electron chi connectivity index (χ0n) is 16.8. The summed E-state index contributed by atoms with van der Waals surface area (Å²) in [5, 5.41) is 6.83. The Morgan fingerprint density at radius 1 is 1.10 bits per heavy atom. The van der Waals surface area contributed by atoms with E-state index in [-0.39, 0.29) is 24.8 Å². The van der Waals surface area contributed by atoms with Crippen LogP contribution in [-0.4, -0.2) is 47.2 Å². The molecule has 2 aromatic rings. The van der Waals surface area contributed by atoms with Gasteiger partial charge in [-0.15, -0.1) is 24.8 Å². The van der Waals surface area contributed by atoms with Crippen molar-refractivity contribution in [2.75, 3.05) is 41.7 Å². The number of hydrogen-bond donors (Lipinski definition) is 3. The van der Waals surface area contributed by atoms with E-state index in [1.165, 1.54) is 12.8 Å². The Morgan fingerprint density at radius 2 is 1.83 bits per heavy atom. The lowest BCUT2D eigenvalue weighted by molar-refractivity contribution is 0.345. The van der Waals surface area contributed by atoms with Gasteiger partial charge in [0.25, 0.3) is 0 Å². The maximum atomic E-state index is 5.99. The van der Waals surface area contributed by atoms with Gasteiger partial charge in [0, 0.05) is 50.4 Å². The monoisotopic (exact) mass is 439 g/mol. The summed E-state index contributed by atoms with van der Waals surface area (Å²) in [4.78, 5) is 16.3. The maximum Gasteiger partial charge on any atom is 0.227 e. The highest BCUT2D eigenvalue weighted by Gasteiger charge is 2.30. The van der Waals surface area contributed by atoms with Gasteiger partial charge in [-0.3, -0.25) is 0 Å².